The van der Waals surface area contributed by atoms with E-state index in [0.29, 0.717) is 0 Å². The van der Waals surface area contributed by atoms with E-state index >= 15 is 0 Å². The number of hydrogen-bond donors (Lipinski definition) is 0. The van der Waals surface area contributed by atoms with Crippen LogP contribution < -0.4 is 9.80 Å². The Morgan fingerprint density at radius 2 is 0.547 bits per heavy atom. The lowest BCUT2D eigenvalue weighted by molar-refractivity contribution is 0.660. The van der Waals surface area contributed by atoms with Crippen molar-refractivity contribution in [2.45, 2.75) is 38.5 Å². The lowest BCUT2D eigenvalue weighted by Crippen LogP contribution is -2.16. The molecule has 15 aromatic rings. The smallest absolute Gasteiger partial charge is 0.0468 e. The van der Waals surface area contributed by atoms with Gasteiger partial charge in [0.15, 0.2) is 0 Å². The summed E-state index contributed by atoms with van der Waals surface area (Å²) in [5.41, 5.74) is 21.8. The average Bonchev–Trinajstić information content (AvgIpc) is 1.16. The Morgan fingerprint density at radius 1 is 0.209 bits per heavy atom. The highest BCUT2D eigenvalue weighted by Gasteiger charge is 2.37. The number of para-hydroxylation sites is 2. The minimum Gasteiger partial charge on any atom is -0.310 e. The van der Waals surface area contributed by atoms with E-state index in [1.54, 1.807) is 0 Å². The fourth-order valence-corrected chi connectivity index (χ4v) is 15.2. The molecule has 15 aromatic carbocycles. The minimum absolute atomic E-state index is 0.167. The lowest BCUT2D eigenvalue weighted by atomic mass is 9.82. The second-order valence-electron chi connectivity index (χ2n) is 24.8. The van der Waals surface area contributed by atoms with Crippen LogP contribution in [0.25, 0.3) is 109 Å². The van der Waals surface area contributed by atoms with Crippen molar-refractivity contribution in [3.05, 3.63) is 313 Å². The third kappa shape index (κ3) is 7.59. The molecule has 0 N–H and O–H groups in total. The largest absolute Gasteiger partial charge is 0.310 e. The van der Waals surface area contributed by atoms with Crippen LogP contribution in [0.4, 0.5) is 34.1 Å². The van der Waals surface area contributed by atoms with E-state index in [1.165, 1.54) is 131 Å². The molecular weight excluding hydrogens is 1040 g/mol. The first-order valence-corrected chi connectivity index (χ1v) is 30.2. The SMILES string of the molecule is CC1(C)c2ccccc2-c2ccc(N(c3ccccc3)c3ccc4c(-c5ccc6c(ccc7ccccc76)c5)c5cc(N(c6ccccc6)c6ccc7c(c6)C(C)(C)c6ccccc6-7)ccc5c(-c5ccc6c(ccc7ccccc76)c5)c4c3)cc21. The van der Waals surface area contributed by atoms with Crippen LogP contribution >= 0.6 is 0 Å². The molecule has 0 fully saturated rings. The summed E-state index contributed by atoms with van der Waals surface area (Å²) < 4.78 is 0. The van der Waals surface area contributed by atoms with Crippen molar-refractivity contribution in [1.29, 1.82) is 0 Å². The van der Waals surface area contributed by atoms with E-state index in [9.17, 15) is 0 Å². The second kappa shape index (κ2) is 19.0. The second-order valence-corrected chi connectivity index (χ2v) is 24.8. The molecule has 17 rings (SSSR count). The Hall–Kier alpha value is -10.5. The molecule has 2 nitrogen and oxygen atoms in total. The maximum atomic E-state index is 2.49. The molecule has 0 saturated carbocycles. The van der Waals surface area contributed by atoms with Gasteiger partial charge in [-0.25, -0.2) is 0 Å². The van der Waals surface area contributed by atoms with Crippen molar-refractivity contribution in [3.8, 4) is 44.5 Å². The van der Waals surface area contributed by atoms with Crippen molar-refractivity contribution in [1.82, 2.24) is 0 Å². The molecule has 0 saturated heterocycles. The summed E-state index contributed by atoms with van der Waals surface area (Å²) in [6.45, 7) is 9.50. The van der Waals surface area contributed by atoms with Crippen LogP contribution in [-0.2, 0) is 10.8 Å². The van der Waals surface area contributed by atoms with E-state index in [0.717, 1.165) is 34.1 Å². The van der Waals surface area contributed by atoms with Gasteiger partial charge in [-0.1, -0.05) is 234 Å². The molecule has 2 aliphatic carbocycles. The van der Waals surface area contributed by atoms with Crippen LogP contribution in [0.5, 0.6) is 0 Å². The van der Waals surface area contributed by atoms with Crippen LogP contribution in [0.3, 0.4) is 0 Å². The molecule has 2 aliphatic rings. The summed E-state index contributed by atoms with van der Waals surface area (Å²) in [4.78, 5) is 4.94. The first kappa shape index (κ1) is 50.0. The zero-order valence-corrected chi connectivity index (χ0v) is 48.6. The molecule has 0 atom stereocenters. The summed E-state index contributed by atoms with van der Waals surface area (Å²) in [6.07, 6.45) is 0. The molecule has 0 aliphatic heterocycles. The van der Waals surface area contributed by atoms with Crippen LogP contribution in [0.15, 0.2) is 291 Å². The average molecular weight is 1100 g/mol. The molecule has 86 heavy (non-hydrogen) atoms. The van der Waals surface area contributed by atoms with E-state index in [2.05, 4.69) is 329 Å². The Bertz CT molecular complexity index is 4970. The summed E-state index contributed by atoms with van der Waals surface area (Å²) in [7, 11) is 0. The maximum Gasteiger partial charge on any atom is 0.0468 e. The number of rotatable bonds is 8. The predicted octanol–water partition coefficient (Wildman–Crippen LogP) is 23.5. The molecule has 0 bridgehead atoms. The van der Waals surface area contributed by atoms with Gasteiger partial charge in [-0.15, -0.1) is 0 Å². The van der Waals surface area contributed by atoms with Crippen LogP contribution in [0, 0.1) is 0 Å². The normalized spacial score (nSPS) is 13.5. The zero-order valence-electron chi connectivity index (χ0n) is 48.6. The molecule has 2 heteroatoms. The van der Waals surface area contributed by atoms with Gasteiger partial charge in [-0.3, -0.25) is 0 Å². The highest BCUT2D eigenvalue weighted by atomic mass is 15.1. The number of benzene rings is 15. The number of hydrogen-bond acceptors (Lipinski definition) is 2. The Balaban J connectivity index is 0.958. The third-order valence-electron chi connectivity index (χ3n) is 19.3. The monoisotopic (exact) mass is 1100 g/mol. The molecule has 406 valence electrons. The third-order valence-corrected chi connectivity index (χ3v) is 19.3. The molecule has 0 spiro atoms. The summed E-state index contributed by atoms with van der Waals surface area (Å²) >= 11 is 0. The van der Waals surface area contributed by atoms with Crippen molar-refractivity contribution < 1.29 is 0 Å². The van der Waals surface area contributed by atoms with Crippen LogP contribution in [0.2, 0.25) is 0 Å². The Labute approximate surface area is 502 Å². The van der Waals surface area contributed by atoms with Crippen molar-refractivity contribution in [2.24, 2.45) is 0 Å². The van der Waals surface area contributed by atoms with Gasteiger partial charge >= 0.3 is 0 Å². The van der Waals surface area contributed by atoms with Gasteiger partial charge in [-0.05, 0) is 216 Å². The fourth-order valence-electron chi connectivity index (χ4n) is 15.2. The highest BCUT2D eigenvalue weighted by molar-refractivity contribution is 6.24. The molecular formula is C84H60N2. The fraction of sp³-hybridized carbons (Fsp3) is 0.0714. The molecule has 0 heterocycles. The van der Waals surface area contributed by atoms with Gasteiger partial charge in [0, 0.05) is 45.0 Å². The highest BCUT2D eigenvalue weighted by Crippen LogP contribution is 2.54. The standard InChI is InChI=1S/C84H60N2/c1-83(2)77-29-17-15-27-69(77)71-43-37-63(51-79(71)83)85(59-21-7-5-8-22-59)61-39-45-73-75(49-61)81(57-35-41-67-55(47-57)33-31-53-19-11-13-25-65(53)67)74-46-40-62(50-76(74)82(73)58-36-42-68-56(48-58)34-32-54-20-12-14-26-66(54)68)86(60-23-9-6-10-24-60)64-38-44-72-70-28-16-18-30-78(70)84(3,4)80(72)52-64/h5-52H,1-4H3. The minimum atomic E-state index is -0.167. The summed E-state index contributed by atoms with van der Waals surface area (Å²) in [5, 5.41) is 14.7. The summed E-state index contributed by atoms with van der Waals surface area (Å²) in [5.74, 6) is 0. The van der Waals surface area contributed by atoms with E-state index in [4.69, 9.17) is 0 Å². The predicted molar refractivity (Wildman–Crippen MR) is 367 cm³/mol. The first-order chi connectivity index (χ1) is 42.2. The Kier molecular flexibility index (Phi) is 11.0. The quantitative estimate of drug-likeness (QED) is 0.111. The van der Waals surface area contributed by atoms with E-state index in [-0.39, 0.29) is 10.8 Å². The number of fused-ring (bicyclic) bond motifs is 14. The van der Waals surface area contributed by atoms with Crippen LogP contribution in [0.1, 0.15) is 49.9 Å². The van der Waals surface area contributed by atoms with Crippen molar-refractivity contribution in [3.63, 3.8) is 0 Å². The number of anilines is 6. The molecule has 0 amide bonds. The Morgan fingerprint density at radius 3 is 1.00 bits per heavy atom. The van der Waals surface area contributed by atoms with E-state index < -0.39 is 0 Å². The van der Waals surface area contributed by atoms with Gasteiger partial charge in [-0.2, -0.15) is 0 Å². The van der Waals surface area contributed by atoms with Crippen molar-refractivity contribution >= 4 is 98.8 Å². The zero-order chi connectivity index (χ0) is 57.4. The molecule has 0 radical (unpaired) electrons. The van der Waals surface area contributed by atoms with Gasteiger partial charge in [0.1, 0.15) is 0 Å². The van der Waals surface area contributed by atoms with Gasteiger partial charge in [0.05, 0.1) is 0 Å². The van der Waals surface area contributed by atoms with Gasteiger partial charge in [0.25, 0.3) is 0 Å². The van der Waals surface area contributed by atoms with Gasteiger partial charge < -0.3 is 9.80 Å². The van der Waals surface area contributed by atoms with E-state index in [1.807, 2.05) is 0 Å². The lowest BCUT2D eigenvalue weighted by Gasteiger charge is -2.30. The van der Waals surface area contributed by atoms with Crippen molar-refractivity contribution in [2.75, 3.05) is 9.80 Å². The molecule has 0 aromatic heterocycles. The summed E-state index contributed by atoms with van der Waals surface area (Å²) in [6, 6.07) is 110. The van der Waals surface area contributed by atoms with Crippen LogP contribution in [-0.4, -0.2) is 0 Å². The molecule has 0 unspecified atom stereocenters. The topological polar surface area (TPSA) is 6.48 Å². The van der Waals surface area contributed by atoms with Gasteiger partial charge in [0.2, 0.25) is 0 Å². The number of nitrogens with zero attached hydrogens (tertiary/aromatic N) is 2. The first-order valence-electron chi connectivity index (χ1n) is 30.2. The maximum absolute atomic E-state index is 2.49.